The van der Waals surface area contributed by atoms with Crippen molar-refractivity contribution in [2.75, 3.05) is 10.6 Å². The molecule has 3 aromatic rings. The van der Waals surface area contributed by atoms with Gasteiger partial charge in [0.15, 0.2) is 0 Å². The Hall–Kier alpha value is -2.63. The molecule has 132 valence electrons. The third-order valence-electron chi connectivity index (χ3n) is 3.73. The van der Waals surface area contributed by atoms with Crippen molar-refractivity contribution < 1.29 is 4.79 Å². The molecule has 0 fully saturated rings. The Morgan fingerprint density at radius 2 is 1.77 bits per heavy atom. The standard InChI is InChI=1S/C19H16Cl2N4O/c1-12-4-2-3-5-13(12)9-23-18-11-22-17(10-24-18)19(26)25-16-7-14(20)6-15(21)8-16/h2-8,10-11H,9H2,1H3,(H,23,24)(H,25,26). The molecule has 0 unspecified atom stereocenters. The summed E-state index contributed by atoms with van der Waals surface area (Å²) in [7, 11) is 0. The number of benzene rings is 2. The highest BCUT2D eigenvalue weighted by Crippen LogP contribution is 2.22. The molecule has 0 aliphatic heterocycles. The minimum atomic E-state index is -0.388. The molecule has 0 spiro atoms. The van der Waals surface area contributed by atoms with Gasteiger partial charge in [0.25, 0.3) is 5.91 Å². The van der Waals surface area contributed by atoms with Gasteiger partial charge in [0.2, 0.25) is 0 Å². The van der Waals surface area contributed by atoms with Crippen molar-refractivity contribution in [1.29, 1.82) is 0 Å². The molecule has 26 heavy (non-hydrogen) atoms. The number of amides is 1. The number of carbonyl (C=O) groups excluding carboxylic acids is 1. The monoisotopic (exact) mass is 386 g/mol. The molecule has 0 radical (unpaired) electrons. The minimum absolute atomic E-state index is 0.197. The highest BCUT2D eigenvalue weighted by Gasteiger charge is 2.10. The molecular weight excluding hydrogens is 371 g/mol. The summed E-state index contributed by atoms with van der Waals surface area (Å²) < 4.78 is 0. The fraction of sp³-hybridized carbons (Fsp3) is 0.105. The van der Waals surface area contributed by atoms with Crippen molar-refractivity contribution in [2.24, 2.45) is 0 Å². The van der Waals surface area contributed by atoms with Crippen molar-refractivity contribution >= 4 is 40.6 Å². The fourth-order valence-electron chi connectivity index (χ4n) is 2.35. The molecule has 1 heterocycles. The van der Waals surface area contributed by atoms with E-state index in [0.717, 1.165) is 0 Å². The molecule has 1 aromatic heterocycles. The Morgan fingerprint density at radius 3 is 2.42 bits per heavy atom. The van der Waals surface area contributed by atoms with Gasteiger partial charge in [0.1, 0.15) is 11.5 Å². The average molecular weight is 387 g/mol. The quantitative estimate of drug-likeness (QED) is 0.650. The number of hydrogen-bond acceptors (Lipinski definition) is 4. The maximum absolute atomic E-state index is 12.3. The van der Waals surface area contributed by atoms with E-state index in [1.165, 1.54) is 23.5 Å². The predicted octanol–water partition coefficient (Wildman–Crippen LogP) is 4.96. The number of carbonyl (C=O) groups is 1. The van der Waals surface area contributed by atoms with E-state index >= 15 is 0 Å². The first-order chi connectivity index (χ1) is 12.5. The summed E-state index contributed by atoms with van der Waals surface area (Å²) >= 11 is 11.8. The lowest BCUT2D eigenvalue weighted by Crippen LogP contribution is -2.14. The van der Waals surface area contributed by atoms with Gasteiger partial charge in [-0.1, -0.05) is 47.5 Å². The Bertz CT molecular complexity index is 909. The summed E-state index contributed by atoms with van der Waals surface area (Å²) in [6.45, 7) is 2.69. The maximum Gasteiger partial charge on any atom is 0.275 e. The zero-order chi connectivity index (χ0) is 18.5. The number of anilines is 2. The van der Waals surface area contributed by atoms with Crippen LogP contribution in [0.4, 0.5) is 11.5 Å². The van der Waals surface area contributed by atoms with Gasteiger partial charge < -0.3 is 10.6 Å². The van der Waals surface area contributed by atoms with E-state index in [1.54, 1.807) is 18.2 Å². The Labute approximate surface area is 161 Å². The van der Waals surface area contributed by atoms with Crippen LogP contribution < -0.4 is 10.6 Å². The van der Waals surface area contributed by atoms with E-state index in [9.17, 15) is 4.79 Å². The Balaban J connectivity index is 1.63. The summed E-state index contributed by atoms with van der Waals surface area (Å²) in [4.78, 5) is 20.6. The van der Waals surface area contributed by atoms with E-state index in [0.29, 0.717) is 28.1 Å². The number of aromatic nitrogens is 2. The number of nitrogens with one attached hydrogen (secondary N) is 2. The van der Waals surface area contributed by atoms with Crippen molar-refractivity contribution in [3.63, 3.8) is 0 Å². The Morgan fingerprint density at radius 1 is 1.04 bits per heavy atom. The van der Waals surface area contributed by atoms with Crippen LogP contribution in [0, 0.1) is 6.92 Å². The molecular formula is C19H16Cl2N4O. The minimum Gasteiger partial charge on any atom is -0.365 e. The molecule has 7 heteroatoms. The first-order valence-corrected chi connectivity index (χ1v) is 8.65. The second kappa shape index (κ2) is 8.17. The van der Waals surface area contributed by atoms with Gasteiger partial charge in [-0.25, -0.2) is 9.97 Å². The summed E-state index contributed by atoms with van der Waals surface area (Å²) in [6.07, 6.45) is 2.94. The highest BCUT2D eigenvalue weighted by atomic mass is 35.5. The van der Waals surface area contributed by atoms with E-state index in [-0.39, 0.29) is 11.6 Å². The highest BCUT2D eigenvalue weighted by molar-refractivity contribution is 6.35. The van der Waals surface area contributed by atoms with Gasteiger partial charge in [-0.3, -0.25) is 4.79 Å². The van der Waals surface area contributed by atoms with Crippen molar-refractivity contribution in [2.45, 2.75) is 13.5 Å². The number of nitrogens with zero attached hydrogens (tertiary/aromatic N) is 2. The van der Waals surface area contributed by atoms with E-state index in [1.807, 2.05) is 18.2 Å². The number of rotatable bonds is 5. The smallest absolute Gasteiger partial charge is 0.275 e. The lowest BCUT2D eigenvalue weighted by atomic mass is 10.1. The van der Waals surface area contributed by atoms with Crippen molar-refractivity contribution in [3.8, 4) is 0 Å². The van der Waals surface area contributed by atoms with Gasteiger partial charge >= 0.3 is 0 Å². The third kappa shape index (κ3) is 4.71. The second-order valence-corrected chi connectivity index (χ2v) is 6.55. The van der Waals surface area contributed by atoms with Gasteiger partial charge in [-0.2, -0.15) is 0 Å². The van der Waals surface area contributed by atoms with Crippen LogP contribution in [-0.2, 0) is 6.54 Å². The van der Waals surface area contributed by atoms with Crippen molar-refractivity contribution in [1.82, 2.24) is 9.97 Å². The largest absolute Gasteiger partial charge is 0.365 e. The maximum atomic E-state index is 12.3. The van der Waals surface area contributed by atoms with Crippen LogP contribution in [0.15, 0.2) is 54.9 Å². The van der Waals surface area contributed by atoms with E-state index in [2.05, 4.69) is 33.6 Å². The topological polar surface area (TPSA) is 66.9 Å². The van der Waals surface area contributed by atoms with Crippen LogP contribution >= 0.6 is 23.2 Å². The zero-order valence-corrected chi connectivity index (χ0v) is 15.5. The van der Waals surface area contributed by atoms with Crippen LogP contribution in [0.25, 0.3) is 0 Å². The summed E-state index contributed by atoms with van der Waals surface area (Å²) in [5.74, 6) is 0.205. The third-order valence-corrected chi connectivity index (χ3v) is 4.16. The first kappa shape index (κ1) is 18.2. The molecule has 3 rings (SSSR count). The van der Waals surface area contributed by atoms with Gasteiger partial charge in [0.05, 0.1) is 12.4 Å². The molecule has 2 N–H and O–H groups in total. The molecule has 2 aromatic carbocycles. The number of hydrogen-bond donors (Lipinski definition) is 2. The average Bonchev–Trinajstić information content (AvgIpc) is 2.60. The van der Waals surface area contributed by atoms with Crippen LogP contribution in [0.3, 0.4) is 0 Å². The second-order valence-electron chi connectivity index (χ2n) is 5.68. The van der Waals surface area contributed by atoms with Gasteiger partial charge in [0, 0.05) is 22.3 Å². The summed E-state index contributed by atoms with van der Waals surface area (Å²) in [5, 5.41) is 6.77. The van der Waals surface area contributed by atoms with Gasteiger partial charge in [-0.05, 0) is 36.2 Å². The van der Waals surface area contributed by atoms with Crippen LogP contribution in [0.1, 0.15) is 21.6 Å². The zero-order valence-electron chi connectivity index (χ0n) is 14.0. The molecule has 0 saturated carbocycles. The molecule has 1 amide bonds. The SMILES string of the molecule is Cc1ccccc1CNc1cnc(C(=O)Nc2cc(Cl)cc(Cl)c2)cn1. The summed E-state index contributed by atoms with van der Waals surface area (Å²) in [6, 6.07) is 12.9. The predicted molar refractivity (Wildman–Crippen MR) is 105 cm³/mol. The number of halogens is 2. The molecule has 0 saturated heterocycles. The normalized spacial score (nSPS) is 10.4. The number of aryl methyl sites for hydroxylation is 1. The van der Waals surface area contributed by atoms with E-state index < -0.39 is 0 Å². The van der Waals surface area contributed by atoms with Gasteiger partial charge in [-0.15, -0.1) is 0 Å². The van der Waals surface area contributed by atoms with Crippen LogP contribution in [-0.4, -0.2) is 15.9 Å². The lowest BCUT2D eigenvalue weighted by Gasteiger charge is -2.09. The molecule has 5 nitrogen and oxygen atoms in total. The molecule has 0 aliphatic carbocycles. The van der Waals surface area contributed by atoms with E-state index in [4.69, 9.17) is 23.2 Å². The van der Waals surface area contributed by atoms with Crippen molar-refractivity contribution in [3.05, 3.63) is 81.7 Å². The lowest BCUT2D eigenvalue weighted by molar-refractivity contribution is 0.102. The van der Waals surface area contributed by atoms with Crippen LogP contribution in [0.5, 0.6) is 0 Å². The first-order valence-electron chi connectivity index (χ1n) is 7.89. The molecule has 0 atom stereocenters. The summed E-state index contributed by atoms with van der Waals surface area (Å²) in [5.41, 5.74) is 3.07. The Kier molecular flexibility index (Phi) is 5.71. The molecule has 0 aliphatic rings. The fourth-order valence-corrected chi connectivity index (χ4v) is 2.88. The van der Waals surface area contributed by atoms with Crippen LogP contribution in [0.2, 0.25) is 10.0 Å². The molecule has 0 bridgehead atoms.